The third-order valence-electron chi connectivity index (χ3n) is 6.04. The summed E-state index contributed by atoms with van der Waals surface area (Å²) in [4.78, 5) is 54.5. The van der Waals surface area contributed by atoms with Gasteiger partial charge in [0.1, 0.15) is 18.1 Å². The molecule has 0 spiro atoms. The largest absolute Gasteiger partial charge is 0.480 e. The van der Waals surface area contributed by atoms with Gasteiger partial charge in [0.05, 0.1) is 6.04 Å². The molecule has 214 valence electrons. The molecule has 12 N–H and O–H groups in total. The predicted molar refractivity (Wildman–Crippen MR) is 143 cm³/mol. The normalized spacial score (nSPS) is 15.1. The molecular weight excluding hydrogens is 480 g/mol. The van der Waals surface area contributed by atoms with Gasteiger partial charge in [-0.05, 0) is 56.9 Å². The van der Waals surface area contributed by atoms with Crippen LogP contribution in [0.2, 0.25) is 0 Å². The van der Waals surface area contributed by atoms with Gasteiger partial charge >= 0.3 is 5.97 Å². The van der Waals surface area contributed by atoms with Crippen LogP contribution < -0.4 is 38.9 Å². The van der Waals surface area contributed by atoms with Crippen LogP contribution in [-0.4, -0.2) is 72.0 Å². The molecular formula is C24H48N8O5. The van der Waals surface area contributed by atoms with E-state index in [0.29, 0.717) is 38.6 Å². The second-order valence-corrected chi connectivity index (χ2v) is 9.80. The maximum absolute atomic E-state index is 13.2. The monoisotopic (exact) mass is 528 g/mol. The number of hydrogen-bond donors (Lipinski definition) is 8. The van der Waals surface area contributed by atoms with E-state index in [9.17, 15) is 24.3 Å². The summed E-state index contributed by atoms with van der Waals surface area (Å²) in [6.07, 6.45) is 2.94. The third kappa shape index (κ3) is 14.4. The van der Waals surface area contributed by atoms with Crippen LogP contribution in [0.4, 0.5) is 0 Å². The molecule has 0 aromatic carbocycles. The first kappa shape index (κ1) is 34.1. The number of carbonyl (C=O) groups excluding carboxylic acids is 3. The van der Waals surface area contributed by atoms with Crippen LogP contribution >= 0.6 is 0 Å². The summed E-state index contributed by atoms with van der Waals surface area (Å²) in [6, 6.07) is -3.90. The maximum atomic E-state index is 13.2. The molecule has 0 aliphatic carbocycles. The van der Waals surface area contributed by atoms with E-state index >= 15 is 0 Å². The van der Waals surface area contributed by atoms with E-state index in [1.165, 1.54) is 0 Å². The number of hydrogen-bond acceptors (Lipinski definition) is 7. The third-order valence-corrected chi connectivity index (χ3v) is 6.04. The van der Waals surface area contributed by atoms with E-state index in [1.54, 1.807) is 0 Å². The van der Waals surface area contributed by atoms with Gasteiger partial charge in [0.2, 0.25) is 17.7 Å². The first-order chi connectivity index (χ1) is 17.3. The molecule has 13 heteroatoms. The fraction of sp³-hybridized carbons (Fsp3) is 0.792. The highest BCUT2D eigenvalue weighted by Crippen LogP contribution is 2.10. The molecule has 0 fully saturated rings. The second kappa shape index (κ2) is 18.3. The lowest BCUT2D eigenvalue weighted by Gasteiger charge is -2.26. The molecule has 3 amide bonds. The van der Waals surface area contributed by atoms with E-state index in [2.05, 4.69) is 20.9 Å². The number of nitrogens with zero attached hydrogens (tertiary/aromatic N) is 1. The minimum Gasteiger partial charge on any atom is -0.480 e. The van der Waals surface area contributed by atoms with Gasteiger partial charge in [0.15, 0.2) is 5.96 Å². The molecule has 0 aliphatic heterocycles. The Kier molecular flexibility index (Phi) is 16.9. The average Bonchev–Trinajstić information content (AvgIpc) is 2.82. The number of amides is 3. The average molecular weight is 529 g/mol. The fourth-order valence-electron chi connectivity index (χ4n) is 3.55. The lowest BCUT2D eigenvalue weighted by molar-refractivity contribution is -0.142. The van der Waals surface area contributed by atoms with Crippen molar-refractivity contribution in [3.05, 3.63) is 0 Å². The number of carboxylic acid groups (broad SMARTS) is 1. The van der Waals surface area contributed by atoms with Crippen molar-refractivity contribution < 1.29 is 24.3 Å². The molecule has 0 aromatic rings. The van der Waals surface area contributed by atoms with E-state index in [1.807, 2.05) is 27.7 Å². The van der Waals surface area contributed by atoms with Crippen molar-refractivity contribution in [3.8, 4) is 0 Å². The highest BCUT2D eigenvalue weighted by Gasteiger charge is 2.31. The number of guanidine groups is 1. The van der Waals surface area contributed by atoms with E-state index in [-0.39, 0.29) is 37.2 Å². The number of nitrogens with two attached hydrogens (primary N) is 4. The molecule has 0 radical (unpaired) electrons. The molecule has 5 atom stereocenters. The number of carboxylic acids is 1. The first-order valence-electron chi connectivity index (χ1n) is 13.0. The maximum Gasteiger partial charge on any atom is 0.326 e. The number of aliphatic carboxylic acids is 1. The quantitative estimate of drug-likeness (QED) is 0.0589. The predicted octanol–water partition coefficient (Wildman–Crippen LogP) is -0.872. The number of aliphatic imine (C=N–C) groups is 1. The van der Waals surface area contributed by atoms with Crippen molar-refractivity contribution in [1.29, 1.82) is 0 Å². The van der Waals surface area contributed by atoms with E-state index in [4.69, 9.17) is 22.9 Å². The Morgan fingerprint density at radius 3 is 1.81 bits per heavy atom. The fourth-order valence-corrected chi connectivity index (χ4v) is 3.55. The van der Waals surface area contributed by atoms with Crippen LogP contribution in [0, 0.1) is 11.8 Å². The summed E-state index contributed by atoms with van der Waals surface area (Å²) in [5.74, 6) is -3.01. The summed E-state index contributed by atoms with van der Waals surface area (Å²) >= 11 is 0. The lowest BCUT2D eigenvalue weighted by Crippen LogP contribution is -2.57. The molecule has 0 heterocycles. The molecule has 0 bridgehead atoms. The zero-order chi connectivity index (χ0) is 28.5. The molecule has 5 unspecified atom stereocenters. The Hall–Kier alpha value is -2.93. The van der Waals surface area contributed by atoms with Crippen molar-refractivity contribution in [2.24, 2.45) is 39.8 Å². The molecule has 37 heavy (non-hydrogen) atoms. The first-order valence-corrected chi connectivity index (χ1v) is 13.0. The van der Waals surface area contributed by atoms with E-state index in [0.717, 1.165) is 0 Å². The summed E-state index contributed by atoms with van der Waals surface area (Å²) < 4.78 is 0. The zero-order valence-corrected chi connectivity index (χ0v) is 22.7. The Bertz CT molecular complexity index is 757. The van der Waals surface area contributed by atoms with Crippen molar-refractivity contribution in [3.63, 3.8) is 0 Å². The van der Waals surface area contributed by atoms with Gasteiger partial charge in [-0.3, -0.25) is 19.4 Å². The molecule has 0 aliphatic rings. The van der Waals surface area contributed by atoms with Crippen LogP contribution in [0.1, 0.15) is 72.6 Å². The Morgan fingerprint density at radius 1 is 0.838 bits per heavy atom. The van der Waals surface area contributed by atoms with Crippen LogP contribution in [-0.2, 0) is 19.2 Å². The highest BCUT2D eigenvalue weighted by atomic mass is 16.4. The van der Waals surface area contributed by atoms with Crippen LogP contribution in [0.5, 0.6) is 0 Å². The van der Waals surface area contributed by atoms with Gasteiger partial charge in [0, 0.05) is 6.54 Å². The topological polar surface area (TPSA) is 241 Å². The number of unbranched alkanes of at least 4 members (excludes halogenated alkanes) is 1. The zero-order valence-electron chi connectivity index (χ0n) is 22.7. The van der Waals surface area contributed by atoms with Crippen molar-refractivity contribution in [2.75, 3.05) is 13.1 Å². The van der Waals surface area contributed by atoms with Crippen molar-refractivity contribution in [2.45, 2.75) is 96.8 Å². The number of nitrogens with one attached hydrogen (secondary N) is 3. The minimum atomic E-state index is -1.17. The van der Waals surface area contributed by atoms with Gasteiger partial charge in [0.25, 0.3) is 0 Å². The standard InChI is InChI=1S/C24H48N8O5/c1-5-15(4)19(26)22(35)31-16(9-6-7-11-25)20(33)30-17(10-8-12-29-24(27)28)21(34)32-18(23(36)37)13-14(2)3/h14-19H,5-13,25-26H2,1-4H3,(H,30,33)(H,31,35)(H,32,34)(H,36,37)(H4,27,28,29). The SMILES string of the molecule is CCC(C)C(N)C(=O)NC(CCCCN)C(=O)NC(CCCN=C(N)N)C(=O)NC(CC(C)C)C(=O)O. The van der Waals surface area contributed by atoms with Crippen LogP contribution in [0.3, 0.4) is 0 Å². The lowest BCUT2D eigenvalue weighted by atomic mass is 9.98. The molecule has 13 nitrogen and oxygen atoms in total. The summed E-state index contributed by atoms with van der Waals surface area (Å²) in [5, 5.41) is 17.4. The van der Waals surface area contributed by atoms with Crippen molar-refractivity contribution >= 4 is 29.7 Å². The Morgan fingerprint density at radius 2 is 1.35 bits per heavy atom. The minimum absolute atomic E-state index is 0.0215. The second-order valence-electron chi connectivity index (χ2n) is 9.80. The van der Waals surface area contributed by atoms with Gasteiger partial charge in [-0.25, -0.2) is 4.79 Å². The molecule has 0 aromatic heterocycles. The summed E-state index contributed by atoms with van der Waals surface area (Å²) in [6.45, 7) is 8.09. The Labute approximate surface area is 219 Å². The van der Waals surface area contributed by atoms with Crippen LogP contribution in [0.15, 0.2) is 4.99 Å². The van der Waals surface area contributed by atoms with Crippen LogP contribution in [0.25, 0.3) is 0 Å². The summed E-state index contributed by atoms with van der Waals surface area (Å²) in [5.41, 5.74) is 22.3. The van der Waals surface area contributed by atoms with Gasteiger partial charge in [-0.15, -0.1) is 0 Å². The molecule has 0 saturated heterocycles. The Balaban J connectivity index is 5.68. The summed E-state index contributed by atoms with van der Waals surface area (Å²) in [7, 11) is 0. The number of rotatable bonds is 19. The molecule has 0 rings (SSSR count). The van der Waals surface area contributed by atoms with Crippen molar-refractivity contribution in [1.82, 2.24) is 16.0 Å². The highest BCUT2D eigenvalue weighted by molar-refractivity contribution is 5.94. The van der Waals surface area contributed by atoms with Gasteiger partial charge in [-0.1, -0.05) is 34.1 Å². The smallest absolute Gasteiger partial charge is 0.326 e. The van der Waals surface area contributed by atoms with Gasteiger partial charge < -0.3 is 44.0 Å². The molecule has 0 saturated carbocycles. The van der Waals surface area contributed by atoms with Gasteiger partial charge in [-0.2, -0.15) is 0 Å². The van der Waals surface area contributed by atoms with E-state index < -0.39 is 47.9 Å². The number of carbonyl (C=O) groups is 4.